The molecule has 1 fully saturated rings. The van der Waals surface area contributed by atoms with Gasteiger partial charge in [-0.2, -0.15) is 4.98 Å². The summed E-state index contributed by atoms with van der Waals surface area (Å²) >= 11 is 1.54. The summed E-state index contributed by atoms with van der Waals surface area (Å²) in [6.07, 6.45) is 3.86. The van der Waals surface area contributed by atoms with Crippen LogP contribution >= 0.6 is 11.3 Å². The van der Waals surface area contributed by atoms with Crippen molar-refractivity contribution >= 4 is 23.3 Å². The summed E-state index contributed by atoms with van der Waals surface area (Å²) in [6, 6.07) is 3.85. The van der Waals surface area contributed by atoms with Crippen molar-refractivity contribution in [1.82, 2.24) is 20.8 Å². The number of nitrogens with zero attached hydrogens (tertiary/aromatic N) is 2. The third-order valence-corrected chi connectivity index (χ3v) is 5.58. The molecular weight excluding hydrogens is 392 g/mol. The number of rotatable bonds is 7. The van der Waals surface area contributed by atoms with E-state index in [1.165, 1.54) is 11.3 Å². The average Bonchev–Trinajstić information content (AvgIpc) is 3.38. The molecule has 0 unspecified atom stereocenters. The van der Waals surface area contributed by atoms with Gasteiger partial charge in [-0.15, -0.1) is 11.3 Å². The summed E-state index contributed by atoms with van der Waals surface area (Å²) in [5.41, 5.74) is -0.979. The molecule has 158 valence electrons. The molecule has 2 heterocycles. The molecule has 9 heteroatoms. The van der Waals surface area contributed by atoms with Gasteiger partial charge in [0, 0.05) is 19.4 Å². The largest absolute Gasteiger partial charge is 0.444 e. The van der Waals surface area contributed by atoms with Crippen LogP contribution in [0.25, 0.3) is 10.7 Å². The number of aryl methyl sites for hydroxylation is 1. The Kier molecular flexibility index (Phi) is 6.56. The fraction of sp³-hybridized carbons (Fsp3) is 0.600. The van der Waals surface area contributed by atoms with Crippen LogP contribution in [0.15, 0.2) is 22.0 Å². The van der Waals surface area contributed by atoms with E-state index in [0.29, 0.717) is 24.7 Å². The third kappa shape index (κ3) is 6.28. The SMILES string of the molecule is CC(C)(C)OC(=O)NCC1(NC(=O)CCc2nc(-c3cccs3)no2)CCCC1. The van der Waals surface area contributed by atoms with Crippen molar-refractivity contribution in [2.45, 2.75) is 70.4 Å². The highest BCUT2D eigenvalue weighted by atomic mass is 32.1. The van der Waals surface area contributed by atoms with Gasteiger partial charge in [0.1, 0.15) is 5.60 Å². The predicted molar refractivity (Wildman–Crippen MR) is 110 cm³/mol. The van der Waals surface area contributed by atoms with E-state index < -0.39 is 17.2 Å². The van der Waals surface area contributed by atoms with Crippen LogP contribution in [0.3, 0.4) is 0 Å². The molecule has 2 amide bonds. The molecule has 1 aliphatic carbocycles. The predicted octanol–water partition coefficient (Wildman–Crippen LogP) is 3.68. The third-order valence-electron chi connectivity index (χ3n) is 4.71. The van der Waals surface area contributed by atoms with Crippen LogP contribution in [0.1, 0.15) is 58.8 Å². The van der Waals surface area contributed by atoms with E-state index in [2.05, 4.69) is 20.8 Å². The molecule has 1 aliphatic rings. The van der Waals surface area contributed by atoms with Gasteiger partial charge >= 0.3 is 6.09 Å². The molecular formula is C20H28N4O4S. The van der Waals surface area contributed by atoms with Crippen molar-refractivity contribution in [3.63, 3.8) is 0 Å². The Balaban J connectivity index is 1.50. The van der Waals surface area contributed by atoms with Gasteiger partial charge in [0.05, 0.1) is 10.4 Å². The first-order chi connectivity index (χ1) is 13.7. The molecule has 2 N–H and O–H groups in total. The van der Waals surface area contributed by atoms with Crippen LogP contribution in [0.5, 0.6) is 0 Å². The minimum atomic E-state index is -0.553. The van der Waals surface area contributed by atoms with Gasteiger partial charge in [0.25, 0.3) is 0 Å². The van der Waals surface area contributed by atoms with Crippen molar-refractivity contribution in [3.8, 4) is 10.7 Å². The molecule has 2 aromatic rings. The zero-order valence-corrected chi connectivity index (χ0v) is 17.9. The average molecular weight is 421 g/mol. The quantitative estimate of drug-likeness (QED) is 0.708. The van der Waals surface area contributed by atoms with Crippen molar-refractivity contribution in [2.75, 3.05) is 6.54 Å². The lowest BCUT2D eigenvalue weighted by Gasteiger charge is -2.31. The Labute approximate surface area is 174 Å². The lowest BCUT2D eigenvalue weighted by atomic mass is 9.97. The van der Waals surface area contributed by atoms with Crippen molar-refractivity contribution in [2.24, 2.45) is 0 Å². The van der Waals surface area contributed by atoms with E-state index in [9.17, 15) is 9.59 Å². The highest BCUT2D eigenvalue weighted by Crippen LogP contribution is 2.29. The number of nitrogens with one attached hydrogen (secondary N) is 2. The Bertz CT molecular complexity index is 820. The summed E-state index contributed by atoms with van der Waals surface area (Å²) in [7, 11) is 0. The Morgan fingerprint density at radius 2 is 2.07 bits per heavy atom. The first-order valence-corrected chi connectivity index (χ1v) is 10.8. The Morgan fingerprint density at radius 3 is 2.72 bits per heavy atom. The topological polar surface area (TPSA) is 106 Å². The van der Waals surface area contributed by atoms with Crippen molar-refractivity contribution in [1.29, 1.82) is 0 Å². The van der Waals surface area contributed by atoms with E-state index in [1.807, 2.05) is 38.3 Å². The Morgan fingerprint density at radius 1 is 1.31 bits per heavy atom. The van der Waals surface area contributed by atoms with Gasteiger partial charge in [-0.1, -0.05) is 24.1 Å². The number of hydrogen-bond donors (Lipinski definition) is 2. The van der Waals surface area contributed by atoms with Gasteiger partial charge in [0.2, 0.25) is 17.6 Å². The lowest BCUT2D eigenvalue weighted by Crippen LogP contribution is -2.54. The first-order valence-electron chi connectivity index (χ1n) is 9.89. The summed E-state index contributed by atoms with van der Waals surface area (Å²) in [4.78, 5) is 29.8. The van der Waals surface area contributed by atoms with E-state index in [0.717, 1.165) is 30.6 Å². The molecule has 1 saturated carbocycles. The fourth-order valence-electron chi connectivity index (χ4n) is 3.39. The molecule has 3 rings (SSSR count). The molecule has 0 saturated heterocycles. The monoisotopic (exact) mass is 420 g/mol. The Hall–Kier alpha value is -2.42. The molecule has 8 nitrogen and oxygen atoms in total. The number of carbonyl (C=O) groups excluding carboxylic acids is 2. The number of ether oxygens (including phenoxy) is 1. The van der Waals surface area contributed by atoms with Crippen LogP contribution < -0.4 is 10.6 Å². The van der Waals surface area contributed by atoms with E-state index >= 15 is 0 Å². The lowest BCUT2D eigenvalue weighted by molar-refractivity contribution is -0.123. The second-order valence-corrected chi connectivity index (χ2v) is 9.33. The summed E-state index contributed by atoms with van der Waals surface area (Å²) in [6.45, 7) is 5.82. The first kappa shape index (κ1) is 21.3. The number of carbonyl (C=O) groups is 2. The number of hydrogen-bond acceptors (Lipinski definition) is 7. The van der Waals surface area contributed by atoms with Crippen LogP contribution in [0.2, 0.25) is 0 Å². The normalized spacial score (nSPS) is 15.8. The van der Waals surface area contributed by atoms with Crippen LogP contribution in [0.4, 0.5) is 4.79 Å². The fourth-order valence-corrected chi connectivity index (χ4v) is 4.04. The second kappa shape index (κ2) is 8.94. The van der Waals surface area contributed by atoms with E-state index in [-0.39, 0.29) is 12.3 Å². The molecule has 0 bridgehead atoms. The van der Waals surface area contributed by atoms with Crippen molar-refractivity contribution < 1.29 is 18.8 Å². The maximum absolute atomic E-state index is 12.5. The second-order valence-electron chi connectivity index (χ2n) is 8.38. The van der Waals surface area contributed by atoms with Crippen LogP contribution in [-0.4, -0.2) is 39.8 Å². The van der Waals surface area contributed by atoms with Crippen molar-refractivity contribution in [3.05, 3.63) is 23.4 Å². The van der Waals surface area contributed by atoms with Gasteiger partial charge in [-0.3, -0.25) is 4.79 Å². The number of amides is 2. The summed E-state index contributed by atoms with van der Waals surface area (Å²) in [5, 5.41) is 11.8. The van der Waals surface area contributed by atoms with Gasteiger partial charge in [-0.25, -0.2) is 4.79 Å². The number of thiophene rings is 1. The van der Waals surface area contributed by atoms with Gasteiger partial charge < -0.3 is 19.9 Å². The molecule has 2 aromatic heterocycles. The van der Waals surface area contributed by atoms with Crippen LogP contribution in [-0.2, 0) is 16.0 Å². The molecule has 0 atom stereocenters. The maximum atomic E-state index is 12.5. The number of alkyl carbamates (subject to hydrolysis) is 1. The minimum absolute atomic E-state index is 0.0891. The zero-order chi connectivity index (χ0) is 20.9. The summed E-state index contributed by atoms with van der Waals surface area (Å²) in [5.74, 6) is 0.897. The molecule has 29 heavy (non-hydrogen) atoms. The molecule has 0 aromatic carbocycles. The van der Waals surface area contributed by atoms with Crippen LogP contribution in [0, 0.1) is 0 Å². The smallest absolute Gasteiger partial charge is 0.407 e. The van der Waals surface area contributed by atoms with Gasteiger partial charge in [-0.05, 0) is 45.1 Å². The molecule has 0 radical (unpaired) electrons. The van der Waals surface area contributed by atoms with E-state index in [4.69, 9.17) is 9.26 Å². The standard InChI is InChI=1S/C20H28N4O4S/c1-19(2,3)27-18(26)21-13-20(10-4-5-11-20)23-15(25)8-9-16-22-17(24-28-16)14-7-6-12-29-14/h6-7,12H,4-5,8-11,13H2,1-3H3,(H,21,26)(H,23,25). The highest BCUT2D eigenvalue weighted by Gasteiger charge is 2.36. The minimum Gasteiger partial charge on any atom is -0.444 e. The molecule has 0 spiro atoms. The maximum Gasteiger partial charge on any atom is 0.407 e. The number of aromatic nitrogens is 2. The summed E-state index contributed by atoms with van der Waals surface area (Å²) < 4.78 is 10.5. The van der Waals surface area contributed by atoms with Gasteiger partial charge in [0.15, 0.2) is 0 Å². The molecule has 0 aliphatic heterocycles. The van der Waals surface area contributed by atoms with E-state index in [1.54, 1.807) is 0 Å². The zero-order valence-electron chi connectivity index (χ0n) is 17.1. The highest BCUT2D eigenvalue weighted by molar-refractivity contribution is 7.13.